The minimum atomic E-state index is -0.960. The highest BCUT2D eigenvalue weighted by Crippen LogP contribution is 2.10. The van der Waals surface area contributed by atoms with Gasteiger partial charge in [0.15, 0.2) is 0 Å². The van der Waals surface area contributed by atoms with Crippen molar-refractivity contribution in [3.63, 3.8) is 0 Å². The summed E-state index contributed by atoms with van der Waals surface area (Å²) in [4.78, 5) is 38.3. The third-order valence-electron chi connectivity index (χ3n) is 4.04. The molecule has 1 aromatic carbocycles. The number of hydrogen-bond donors (Lipinski definition) is 1. The number of carbonyl (C=O) groups is 3. The molecule has 0 radical (unpaired) electrons. The van der Waals surface area contributed by atoms with Crippen LogP contribution in [0.5, 0.6) is 0 Å². The van der Waals surface area contributed by atoms with Crippen molar-refractivity contribution in [1.29, 1.82) is 0 Å². The Bertz CT molecular complexity index is 682. The summed E-state index contributed by atoms with van der Waals surface area (Å²) in [6.45, 7) is 9.83. The van der Waals surface area contributed by atoms with Gasteiger partial charge in [-0.3, -0.25) is 4.79 Å². The molecule has 0 unspecified atom stereocenters. The summed E-state index contributed by atoms with van der Waals surface area (Å²) in [6, 6.07) is 8.92. The molecule has 0 saturated heterocycles. The molecule has 0 spiro atoms. The summed E-state index contributed by atoms with van der Waals surface area (Å²) >= 11 is 0. The molecule has 0 saturated carbocycles. The number of ether oxygens (including phenoxy) is 2. The Labute approximate surface area is 173 Å². The fraction of sp³-hybridized carbons (Fsp3) is 0.500. The van der Waals surface area contributed by atoms with Crippen LogP contribution in [0.3, 0.4) is 0 Å². The maximum atomic E-state index is 12.7. The molecule has 0 aromatic heterocycles. The largest absolute Gasteiger partial charge is 0.467 e. The van der Waals surface area contributed by atoms with Crippen molar-refractivity contribution in [1.82, 2.24) is 10.2 Å². The summed E-state index contributed by atoms with van der Waals surface area (Å²) in [6.07, 6.45) is 1.85. The molecule has 2 amide bonds. The van der Waals surface area contributed by atoms with Crippen LogP contribution in [0.1, 0.15) is 39.2 Å². The Morgan fingerprint density at radius 1 is 1.21 bits per heavy atom. The Balaban J connectivity index is 2.66. The topological polar surface area (TPSA) is 84.9 Å². The lowest BCUT2D eigenvalue weighted by Gasteiger charge is -2.24. The molecule has 0 aliphatic heterocycles. The molecule has 1 aromatic rings. The average Bonchev–Trinajstić information content (AvgIpc) is 2.66. The predicted molar refractivity (Wildman–Crippen MR) is 111 cm³/mol. The van der Waals surface area contributed by atoms with E-state index in [1.165, 1.54) is 7.11 Å². The zero-order valence-corrected chi connectivity index (χ0v) is 17.8. The first-order valence-electron chi connectivity index (χ1n) is 9.66. The number of carbonyl (C=O) groups excluding carboxylic acids is 3. The fourth-order valence-electron chi connectivity index (χ4n) is 2.65. The Morgan fingerprint density at radius 2 is 1.86 bits per heavy atom. The normalized spacial score (nSPS) is 11.9. The van der Waals surface area contributed by atoms with Gasteiger partial charge in [-0.05, 0) is 39.2 Å². The minimum absolute atomic E-state index is 0.0815. The number of esters is 1. The number of nitrogens with zero attached hydrogens (tertiary/aromatic N) is 1. The highest BCUT2D eigenvalue weighted by molar-refractivity contribution is 5.83. The fourth-order valence-corrected chi connectivity index (χ4v) is 2.65. The van der Waals surface area contributed by atoms with Crippen molar-refractivity contribution in [3.05, 3.63) is 48.6 Å². The first-order valence-corrected chi connectivity index (χ1v) is 9.66. The van der Waals surface area contributed by atoms with Gasteiger partial charge in [-0.25, -0.2) is 9.59 Å². The Morgan fingerprint density at radius 3 is 2.41 bits per heavy atom. The molecule has 0 aliphatic carbocycles. The number of methoxy groups -OCH3 is 1. The highest BCUT2D eigenvalue weighted by Gasteiger charge is 2.26. The number of benzene rings is 1. The van der Waals surface area contributed by atoms with Crippen molar-refractivity contribution in [3.8, 4) is 0 Å². The van der Waals surface area contributed by atoms with Crippen LogP contribution in [0.15, 0.2) is 43.0 Å². The van der Waals surface area contributed by atoms with Crippen molar-refractivity contribution >= 4 is 18.0 Å². The van der Waals surface area contributed by atoms with Crippen molar-refractivity contribution in [2.75, 3.05) is 20.2 Å². The lowest BCUT2D eigenvalue weighted by molar-refractivity contribution is -0.143. The lowest BCUT2D eigenvalue weighted by Crippen LogP contribution is -2.45. The zero-order valence-electron chi connectivity index (χ0n) is 17.8. The van der Waals surface area contributed by atoms with Crippen LogP contribution in [0.4, 0.5) is 4.79 Å². The minimum Gasteiger partial charge on any atom is -0.467 e. The maximum Gasteiger partial charge on any atom is 0.408 e. The molecule has 1 N–H and O–H groups in total. The van der Waals surface area contributed by atoms with Gasteiger partial charge in [0, 0.05) is 19.5 Å². The van der Waals surface area contributed by atoms with Gasteiger partial charge < -0.3 is 19.7 Å². The molecule has 7 nitrogen and oxygen atoms in total. The van der Waals surface area contributed by atoms with E-state index in [0.29, 0.717) is 13.1 Å². The second-order valence-electron chi connectivity index (χ2n) is 7.62. The van der Waals surface area contributed by atoms with E-state index in [1.54, 1.807) is 31.7 Å². The summed E-state index contributed by atoms with van der Waals surface area (Å²) in [5.41, 5.74) is 0.437. The zero-order chi connectivity index (χ0) is 21.9. The molecule has 7 heteroatoms. The summed E-state index contributed by atoms with van der Waals surface area (Å²) in [5.74, 6) is -0.746. The molecule has 0 bridgehead atoms. The van der Waals surface area contributed by atoms with Crippen LogP contribution < -0.4 is 5.32 Å². The molecule has 160 valence electrons. The van der Waals surface area contributed by atoms with Gasteiger partial charge in [0.05, 0.1) is 7.11 Å². The Kier molecular flexibility index (Phi) is 9.92. The van der Waals surface area contributed by atoms with Gasteiger partial charge in [-0.2, -0.15) is 0 Å². The second-order valence-corrected chi connectivity index (χ2v) is 7.62. The summed E-state index contributed by atoms with van der Waals surface area (Å²) in [7, 11) is 1.23. The van der Waals surface area contributed by atoms with E-state index in [2.05, 4.69) is 11.9 Å². The van der Waals surface area contributed by atoms with Gasteiger partial charge in [0.25, 0.3) is 0 Å². The number of alkyl carbamates (subject to hydrolysis) is 1. The van der Waals surface area contributed by atoms with E-state index < -0.39 is 23.7 Å². The average molecular weight is 405 g/mol. The third kappa shape index (κ3) is 9.78. The van der Waals surface area contributed by atoms with E-state index >= 15 is 0 Å². The van der Waals surface area contributed by atoms with E-state index in [4.69, 9.17) is 9.47 Å². The molecule has 29 heavy (non-hydrogen) atoms. The lowest BCUT2D eigenvalue weighted by atomic mass is 10.1. The number of rotatable bonds is 10. The van der Waals surface area contributed by atoms with Gasteiger partial charge in [-0.15, -0.1) is 6.58 Å². The van der Waals surface area contributed by atoms with E-state index in [-0.39, 0.29) is 18.7 Å². The van der Waals surface area contributed by atoms with Gasteiger partial charge in [0.2, 0.25) is 5.91 Å². The van der Waals surface area contributed by atoms with Gasteiger partial charge >= 0.3 is 12.1 Å². The molecule has 0 heterocycles. The molecule has 0 aliphatic rings. The first kappa shape index (κ1) is 24.2. The SMILES string of the molecule is C=CCN(CCc1ccccc1)C(=O)CC[C@H](NC(=O)OC(C)(C)C)C(=O)OC. The van der Waals surface area contributed by atoms with Gasteiger partial charge in [-0.1, -0.05) is 36.4 Å². The molecule has 1 atom stereocenters. The molecule has 1 rings (SSSR count). The summed E-state index contributed by atoms with van der Waals surface area (Å²) in [5, 5.41) is 2.48. The van der Waals surface area contributed by atoms with Crippen LogP contribution >= 0.6 is 0 Å². The molecule has 0 fully saturated rings. The van der Waals surface area contributed by atoms with Crippen LogP contribution in [-0.2, 0) is 25.5 Å². The third-order valence-corrected chi connectivity index (χ3v) is 4.04. The molecular formula is C22H32N2O5. The highest BCUT2D eigenvalue weighted by atomic mass is 16.6. The van der Waals surface area contributed by atoms with Crippen molar-refractivity contribution < 1.29 is 23.9 Å². The number of amides is 2. The van der Waals surface area contributed by atoms with Crippen molar-refractivity contribution in [2.45, 2.75) is 51.7 Å². The number of nitrogens with one attached hydrogen (secondary N) is 1. The van der Waals surface area contributed by atoms with Crippen molar-refractivity contribution in [2.24, 2.45) is 0 Å². The van der Waals surface area contributed by atoms with Crippen LogP contribution in [0, 0.1) is 0 Å². The van der Waals surface area contributed by atoms with Crippen LogP contribution in [-0.4, -0.2) is 54.7 Å². The first-order chi connectivity index (χ1) is 13.7. The predicted octanol–water partition coefficient (Wildman–Crippen LogP) is 3.09. The maximum absolute atomic E-state index is 12.7. The van der Waals surface area contributed by atoms with E-state index in [0.717, 1.165) is 12.0 Å². The number of hydrogen-bond acceptors (Lipinski definition) is 5. The smallest absolute Gasteiger partial charge is 0.408 e. The van der Waals surface area contributed by atoms with Gasteiger partial charge in [0.1, 0.15) is 11.6 Å². The molecular weight excluding hydrogens is 372 g/mol. The van der Waals surface area contributed by atoms with E-state index in [1.807, 2.05) is 30.3 Å². The van der Waals surface area contributed by atoms with E-state index in [9.17, 15) is 14.4 Å². The van der Waals surface area contributed by atoms with Crippen LogP contribution in [0.25, 0.3) is 0 Å². The van der Waals surface area contributed by atoms with Crippen LogP contribution in [0.2, 0.25) is 0 Å². The Hall–Kier alpha value is -2.83. The second kappa shape index (κ2) is 11.9. The standard InChI is InChI=1S/C22H32N2O5/c1-6-15-24(16-14-17-10-8-7-9-11-17)19(25)13-12-18(20(26)28-5)23-21(27)29-22(2,3)4/h6-11,18H,1,12-16H2,2-5H3,(H,23,27)/t18-/m0/s1. The summed E-state index contributed by atoms with van der Waals surface area (Å²) < 4.78 is 9.92. The monoisotopic (exact) mass is 404 g/mol. The quantitative estimate of drug-likeness (QED) is 0.478.